The minimum absolute atomic E-state index is 0.482. The molecule has 0 saturated heterocycles. The Kier molecular flexibility index (Phi) is 5.51. The number of benzene rings is 1. The Bertz CT molecular complexity index is 536. The monoisotopic (exact) mass is 294 g/mol. The fourth-order valence-electron chi connectivity index (χ4n) is 1.58. The van der Waals surface area contributed by atoms with E-state index in [4.69, 9.17) is 22.1 Å². The lowest BCUT2D eigenvalue weighted by Crippen LogP contribution is -2.05. The van der Waals surface area contributed by atoms with Crippen LogP contribution in [0.4, 0.5) is 0 Å². The Morgan fingerprint density at radius 1 is 1.21 bits per heavy atom. The molecule has 0 amide bonds. The number of para-hydroxylation sites is 1. The third-order valence-corrected chi connectivity index (χ3v) is 3.88. The predicted molar refractivity (Wildman–Crippen MR) is 79.8 cm³/mol. The van der Waals surface area contributed by atoms with Gasteiger partial charge in [-0.05, 0) is 18.2 Å². The normalized spacial score (nSPS) is 10.4. The summed E-state index contributed by atoms with van der Waals surface area (Å²) in [6.07, 6.45) is 1.73. The van der Waals surface area contributed by atoms with E-state index in [1.165, 1.54) is 0 Å². The molecule has 0 aliphatic rings. The number of aromatic nitrogens is 1. The van der Waals surface area contributed by atoms with E-state index in [-0.39, 0.29) is 0 Å². The summed E-state index contributed by atoms with van der Waals surface area (Å²) in [5, 5.41) is 1.51. The van der Waals surface area contributed by atoms with Gasteiger partial charge in [0.1, 0.15) is 10.8 Å². The van der Waals surface area contributed by atoms with E-state index in [0.29, 0.717) is 18.2 Å². The van der Waals surface area contributed by atoms with Crippen LogP contribution in [0.1, 0.15) is 5.56 Å². The molecule has 0 fully saturated rings. The van der Waals surface area contributed by atoms with Crippen molar-refractivity contribution in [2.24, 2.45) is 5.73 Å². The van der Waals surface area contributed by atoms with Crippen LogP contribution in [-0.2, 0) is 6.54 Å². The van der Waals surface area contributed by atoms with Gasteiger partial charge in [-0.25, -0.2) is 4.98 Å². The summed E-state index contributed by atoms with van der Waals surface area (Å²) in [5.41, 5.74) is 6.67. The molecule has 0 radical (unpaired) electrons. The second kappa shape index (κ2) is 7.38. The first-order valence-electron chi connectivity index (χ1n) is 5.95. The highest BCUT2D eigenvalue weighted by Crippen LogP contribution is 2.24. The molecule has 100 valence electrons. The van der Waals surface area contributed by atoms with Crippen LogP contribution in [-0.4, -0.2) is 17.3 Å². The van der Waals surface area contributed by atoms with E-state index < -0.39 is 0 Å². The molecular weight excluding hydrogens is 280 g/mol. The lowest BCUT2D eigenvalue weighted by molar-refractivity contribution is 0.340. The molecule has 1 heterocycles. The molecule has 2 rings (SSSR count). The molecular formula is C14H15ClN2OS. The fraction of sp³-hybridized carbons (Fsp3) is 0.214. The summed E-state index contributed by atoms with van der Waals surface area (Å²) in [6.45, 7) is 1.07. The summed E-state index contributed by atoms with van der Waals surface area (Å²) in [6, 6.07) is 11.5. The third kappa shape index (κ3) is 4.13. The van der Waals surface area contributed by atoms with Crippen molar-refractivity contribution >= 4 is 23.4 Å². The number of thioether (sulfide) groups is 1. The Hall–Kier alpha value is -1.23. The van der Waals surface area contributed by atoms with Crippen LogP contribution < -0.4 is 10.5 Å². The SMILES string of the molecule is NCc1ccccc1OCCSc1ncccc1Cl. The number of rotatable bonds is 6. The first-order valence-corrected chi connectivity index (χ1v) is 7.31. The van der Waals surface area contributed by atoms with Crippen LogP contribution in [0.15, 0.2) is 47.6 Å². The van der Waals surface area contributed by atoms with Gasteiger partial charge in [0.25, 0.3) is 0 Å². The average molecular weight is 295 g/mol. The highest BCUT2D eigenvalue weighted by Gasteiger charge is 2.03. The zero-order valence-electron chi connectivity index (χ0n) is 10.4. The van der Waals surface area contributed by atoms with Crippen LogP contribution in [0, 0.1) is 0 Å². The van der Waals surface area contributed by atoms with Crippen LogP contribution in [0.5, 0.6) is 5.75 Å². The van der Waals surface area contributed by atoms with Gasteiger partial charge in [-0.1, -0.05) is 29.8 Å². The van der Waals surface area contributed by atoms with E-state index in [1.807, 2.05) is 36.4 Å². The molecule has 3 nitrogen and oxygen atoms in total. The van der Waals surface area contributed by atoms with Gasteiger partial charge in [-0.15, -0.1) is 11.8 Å². The highest BCUT2D eigenvalue weighted by atomic mass is 35.5. The van der Waals surface area contributed by atoms with Gasteiger partial charge >= 0.3 is 0 Å². The van der Waals surface area contributed by atoms with Crippen LogP contribution in [0.25, 0.3) is 0 Å². The Labute approximate surface area is 122 Å². The molecule has 1 aromatic heterocycles. The third-order valence-electron chi connectivity index (χ3n) is 2.50. The second-order valence-electron chi connectivity index (χ2n) is 3.80. The minimum atomic E-state index is 0.482. The lowest BCUT2D eigenvalue weighted by atomic mass is 10.2. The van der Waals surface area contributed by atoms with Gasteiger partial charge in [-0.3, -0.25) is 0 Å². The molecule has 0 atom stereocenters. The van der Waals surface area contributed by atoms with Crippen molar-refractivity contribution in [3.8, 4) is 5.75 Å². The molecule has 0 unspecified atom stereocenters. The van der Waals surface area contributed by atoms with Gasteiger partial charge < -0.3 is 10.5 Å². The zero-order chi connectivity index (χ0) is 13.5. The number of ether oxygens (including phenoxy) is 1. The molecule has 5 heteroatoms. The van der Waals surface area contributed by atoms with Crippen molar-refractivity contribution < 1.29 is 4.74 Å². The summed E-state index contributed by atoms with van der Waals surface area (Å²) in [7, 11) is 0. The molecule has 0 bridgehead atoms. The molecule has 0 aliphatic carbocycles. The van der Waals surface area contributed by atoms with E-state index in [1.54, 1.807) is 18.0 Å². The molecule has 2 N–H and O–H groups in total. The van der Waals surface area contributed by atoms with E-state index in [0.717, 1.165) is 22.1 Å². The molecule has 1 aromatic carbocycles. The van der Waals surface area contributed by atoms with Crippen molar-refractivity contribution in [2.75, 3.05) is 12.4 Å². The molecule has 2 aromatic rings. The molecule has 0 aliphatic heterocycles. The van der Waals surface area contributed by atoms with Gasteiger partial charge in [0, 0.05) is 24.1 Å². The largest absolute Gasteiger partial charge is 0.492 e. The number of nitrogens with zero attached hydrogens (tertiary/aromatic N) is 1. The van der Waals surface area contributed by atoms with Gasteiger partial charge in [-0.2, -0.15) is 0 Å². The summed E-state index contributed by atoms with van der Waals surface area (Å²) in [4.78, 5) is 4.21. The first kappa shape index (κ1) is 14.2. The van der Waals surface area contributed by atoms with E-state index in [9.17, 15) is 0 Å². The van der Waals surface area contributed by atoms with Gasteiger partial charge in [0.05, 0.1) is 11.6 Å². The quantitative estimate of drug-likeness (QED) is 0.655. The van der Waals surface area contributed by atoms with Crippen LogP contribution in [0.3, 0.4) is 0 Å². The second-order valence-corrected chi connectivity index (χ2v) is 5.29. The molecule has 19 heavy (non-hydrogen) atoms. The van der Waals surface area contributed by atoms with Gasteiger partial charge in [0.15, 0.2) is 0 Å². The number of hydrogen-bond donors (Lipinski definition) is 1. The van der Waals surface area contributed by atoms with Crippen LogP contribution in [0.2, 0.25) is 5.02 Å². The van der Waals surface area contributed by atoms with E-state index in [2.05, 4.69) is 4.98 Å². The standard InChI is InChI=1S/C14H15ClN2OS/c15-12-5-3-7-17-14(12)19-9-8-18-13-6-2-1-4-11(13)10-16/h1-7H,8-10,16H2. The Morgan fingerprint density at radius 3 is 2.84 bits per heavy atom. The van der Waals surface area contributed by atoms with Crippen molar-refractivity contribution in [2.45, 2.75) is 11.6 Å². The molecule has 0 spiro atoms. The summed E-state index contributed by atoms with van der Waals surface area (Å²) < 4.78 is 5.72. The first-order chi connectivity index (χ1) is 9.31. The number of hydrogen-bond acceptors (Lipinski definition) is 4. The number of halogens is 1. The average Bonchev–Trinajstić information content (AvgIpc) is 2.45. The minimum Gasteiger partial charge on any atom is -0.492 e. The van der Waals surface area contributed by atoms with Crippen molar-refractivity contribution in [1.29, 1.82) is 0 Å². The summed E-state index contributed by atoms with van der Waals surface area (Å²) >= 11 is 7.61. The van der Waals surface area contributed by atoms with Crippen LogP contribution >= 0.6 is 23.4 Å². The van der Waals surface area contributed by atoms with Crippen molar-refractivity contribution in [1.82, 2.24) is 4.98 Å². The predicted octanol–water partition coefficient (Wildman–Crippen LogP) is 3.36. The fourth-order valence-corrected chi connectivity index (χ4v) is 2.57. The number of pyridine rings is 1. The Balaban J connectivity index is 1.83. The number of nitrogens with two attached hydrogens (primary N) is 1. The maximum absolute atomic E-state index is 6.03. The maximum atomic E-state index is 6.03. The smallest absolute Gasteiger partial charge is 0.123 e. The highest BCUT2D eigenvalue weighted by molar-refractivity contribution is 7.99. The van der Waals surface area contributed by atoms with Crippen molar-refractivity contribution in [3.63, 3.8) is 0 Å². The van der Waals surface area contributed by atoms with Crippen molar-refractivity contribution in [3.05, 3.63) is 53.2 Å². The Morgan fingerprint density at radius 2 is 2.05 bits per heavy atom. The maximum Gasteiger partial charge on any atom is 0.123 e. The lowest BCUT2D eigenvalue weighted by Gasteiger charge is -2.09. The molecule has 0 saturated carbocycles. The summed E-state index contributed by atoms with van der Waals surface area (Å²) in [5.74, 6) is 1.63. The zero-order valence-corrected chi connectivity index (χ0v) is 12.0. The van der Waals surface area contributed by atoms with E-state index >= 15 is 0 Å². The topological polar surface area (TPSA) is 48.1 Å². The van der Waals surface area contributed by atoms with Gasteiger partial charge in [0.2, 0.25) is 0 Å².